The molecule has 0 radical (unpaired) electrons. The molecule has 0 spiro atoms. The first kappa shape index (κ1) is 11.0. The van der Waals surface area contributed by atoms with E-state index in [9.17, 15) is 0 Å². The molecule has 84 valence electrons. The molecule has 2 atom stereocenters. The minimum absolute atomic E-state index is 0.177. The summed E-state index contributed by atoms with van der Waals surface area (Å²) in [7, 11) is 0. The van der Waals surface area contributed by atoms with E-state index in [0.717, 1.165) is 24.5 Å². The molecule has 0 aromatic carbocycles. The Hall–Kier alpha value is -0.520. The maximum Gasteiger partial charge on any atom is 0.256 e. The summed E-state index contributed by atoms with van der Waals surface area (Å²) in [5.74, 6) is 0.878. The smallest absolute Gasteiger partial charge is 0.256 e. The fourth-order valence-corrected chi connectivity index (χ4v) is 2.57. The van der Waals surface area contributed by atoms with Gasteiger partial charge >= 0.3 is 0 Å². The molecular weight excluding hydrogens is 212 g/mol. The summed E-state index contributed by atoms with van der Waals surface area (Å²) in [5.41, 5.74) is 6.95. The van der Waals surface area contributed by atoms with E-state index in [2.05, 4.69) is 4.98 Å². The highest BCUT2D eigenvalue weighted by Gasteiger charge is 2.25. The summed E-state index contributed by atoms with van der Waals surface area (Å²) in [6.07, 6.45) is 0.913. The Morgan fingerprint density at radius 2 is 2.27 bits per heavy atom. The van der Waals surface area contributed by atoms with Crippen molar-refractivity contribution in [2.24, 2.45) is 5.73 Å². The van der Waals surface area contributed by atoms with Crippen molar-refractivity contribution in [3.8, 4) is 0 Å². The fourth-order valence-electron chi connectivity index (χ4n) is 1.47. The highest BCUT2D eigenvalue weighted by molar-refractivity contribution is 7.99. The fraction of sp³-hybridized carbons (Fsp3) is 0.700. The van der Waals surface area contributed by atoms with E-state index in [0.29, 0.717) is 11.8 Å². The maximum atomic E-state index is 6.00. The lowest BCUT2D eigenvalue weighted by molar-refractivity contribution is 0.0913. The molecule has 1 aromatic heterocycles. The molecule has 0 amide bonds. The summed E-state index contributed by atoms with van der Waals surface area (Å²) >= 11 is 1.58. The first-order valence-electron chi connectivity index (χ1n) is 5.11. The van der Waals surface area contributed by atoms with Crippen LogP contribution in [0.5, 0.6) is 0 Å². The van der Waals surface area contributed by atoms with Gasteiger partial charge in [0, 0.05) is 12.6 Å². The molecular formula is C10H16N2O2S. The molecule has 2 unspecified atom stereocenters. The average Bonchev–Trinajstić information content (AvgIpc) is 2.50. The Bertz CT molecular complexity index is 321. The first-order chi connectivity index (χ1) is 7.16. The van der Waals surface area contributed by atoms with Gasteiger partial charge in [-0.3, -0.25) is 0 Å². The van der Waals surface area contributed by atoms with Crippen LogP contribution in [0, 0.1) is 13.8 Å². The van der Waals surface area contributed by atoms with Crippen LogP contribution >= 0.6 is 11.8 Å². The van der Waals surface area contributed by atoms with Crippen LogP contribution in [0.15, 0.2) is 9.64 Å². The zero-order valence-electron chi connectivity index (χ0n) is 9.03. The van der Waals surface area contributed by atoms with E-state index in [4.69, 9.17) is 14.9 Å². The lowest BCUT2D eigenvalue weighted by Crippen LogP contribution is -2.40. The van der Waals surface area contributed by atoms with Crippen LogP contribution in [-0.2, 0) is 4.74 Å². The van der Waals surface area contributed by atoms with Gasteiger partial charge in [0.25, 0.3) is 5.22 Å². The van der Waals surface area contributed by atoms with Crippen LogP contribution in [0.25, 0.3) is 0 Å². The number of ether oxygens (including phenoxy) is 1. The van der Waals surface area contributed by atoms with E-state index in [1.807, 2.05) is 13.8 Å². The van der Waals surface area contributed by atoms with Gasteiger partial charge in [0.15, 0.2) is 0 Å². The highest BCUT2D eigenvalue weighted by atomic mass is 32.2. The Morgan fingerprint density at radius 3 is 2.87 bits per heavy atom. The van der Waals surface area contributed by atoms with Crippen LogP contribution in [-0.4, -0.2) is 29.5 Å². The number of hydrogen-bond donors (Lipinski definition) is 1. The summed E-state index contributed by atoms with van der Waals surface area (Å²) in [5, 5.41) is 0.965. The predicted octanol–water partition coefficient (Wildman–Crippen LogP) is 1.50. The molecule has 0 bridgehead atoms. The normalized spacial score (nSPS) is 26.9. The second kappa shape index (κ2) is 4.55. The zero-order valence-corrected chi connectivity index (χ0v) is 9.84. The number of aromatic nitrogens is 1. The molecule has 1 aliphatic heterocycles. The number of thioether (sulfide) groups is 1. The van der Waals surface area contributed by atoms with Gasteiger partial charge in [0.2, 0.25) is 0 Å². The molecule has 0 aliphatic carbocycles. The van der Waals surface area contributed by atoms with Gasteiger partial charge in [-0.2, -0.15) is 0 Å². The second-order valence-corrected chi connectivity index (χ2v) is 5.00. The van der Waals surface area contributed by atoms with Crippen molar-refractivity contribution in [2.75, 3.05) is 13.2 Å². The lowest BCUT2D eigenvalue weighted by Gasteiger charge is -2.26. The van der Waals surface area contributed by atoms with Gasteiger partial charge in [-0.15, -0.1) is 0 Å². The molecule has 1 fully saturated rings. The number of rotatable bonds is 2. The third-order valence-electron chi connectivity index (χ3n) is 2.62. The largest absolute Gasteiger partial charge is 0.437 e. The molecule has 0 saturated carbocycles. The van der Waals surface area contributed by atoms with Gasteiger partial charge in [-0.25, -0.2) is 4.98 Å². The lowest BCUT2D eigenvalue weighted by atomic mass is 10.1. The summed E-state index contributed by atoms with van der Waals surface area (Å²) in [6.45, 7) is 5.32. The molecule has 2 N–H and O–H groups in total. The van der Waals surface area contributed by atoms with E-state index < -0.39 is 0 Å². The first-order valence-corrected chi connectivity index (χ1v) is 5.99. The van der Waals surface area contributed by atoms with Crippen molar-refractivity contribution in [3.05, 3.63) is 11.5 Å². The molecule has 1 saturated heterocycles. The van der Waals surface area contributed by atoms with Crippen LogP contribution in [0.4, 0.5) is 0 Å². The number of nitrogens with zero attached hydrogens (tertiary/aromatic N) is 1. The maximum absolute atomic E-state index is 6.00. The number of nitrogens with two attached hydrogens (primary N) is 1. The van der Waals surface area contributed by atoms with Crippen molar-refractivity contribution in [2.45, 2.75) is 36.8 Å². The van der Waals surface area contributed by atoms with Crippen LogP contribution < -0.4 is 5.73 Å². The molecule has 4 nitrogen and oxygen atoms in total. The monoisotopic (exact) mass is 228 g/mol. The van der Waals surface area contributed by atoms with Gasteiger partial charge in [-0.05, 0) is 20.3 Å². The number of hydrogen-bond acceptors (Lipinski definition) is 5. The van der Waals surface area contributed by atoms with Crippen LogP contribution in [0.2, 0.25) is 0 Å². The summed E-state index contributed by atoms with van der Waals surface area (Å²) < 4.78 is 10.9. The van der Waals surface area contributed by atoms with Gasteiger partial charge in [0.05, 0.1) is 17.6 Å². The topological polar surface area (TPSA) is 61.3 Å². The molecule has 1 aliphatic rings. The van der Waals surface area contributed by atoms with Crippen molar-refractivity contribution >= 4 is 11.8 Å². The van der Waals surface area contributed by atoms with Crippen LogP contribution in [0.3, 0.4) is 0 Å². The second-order valence-electron chi connectivity index (χ2n) is 3.81. The Kier molecular flexibility index (Phi) is 3.33. The summed E-state index contributed by atoms with van der Waals surface area (Å²) in [4.78, 5) is 4.32. The van der Waals surface area contributed by atoms with Gasteiger partial charge < -0.3 is 14.9 Å². The minimum Gasteiger partial charge on any atom is -0.437 e. The van der Waals surface area contributed by atoms with Gasteiger partial charge in [-0.1, -0.05) is 11.8 Å². The standard InChI is InChI=1S/C10H16N2O2S/c1-6-7(2)14-10(12-6)15-9-5-13-4-3-8(9)11/h8-9H,3-5,11H2,1-2H3. The quantitative estimate of drug-likeness (QED) is 0.831. The Balaban J connectivity index is 2.01. The van der Waals surface area contributed by atoms with Gasteiger partial charge in [0.1, 0.15) is 5.76 Å². The molecule has 1 aromatic rings. The van der Waals surface area contributed by atoms with Crippen LogP contribution in [0.1, 0.15) is 17.9 Å². The van der Waals surface area contributed by atoms with E-state index >= 15 is 0 Å². The minimum atomic E-state index is 0.177. The van der Waals surface area contributed by atoms with E-state index in [-0.39, 0.29) is 11.3 Å². The average molecular weight is 228 g/mol. The SMILES string of the molecule is Cc1nc(SC2COCCC2N)oc1C. The third-order valence-corrected chi connectivity index (χ3v) is 3.78. The Morgan fingerprint density at radius 1 is 1.47 bits per heavy atom. The van der Waals surface area contributed by atoms with Crippen molar-refractivity contribution in [1.82, 2.24) is 4.98 Å². The van der Waals surface area contributed by atoms with Crippen molar-refractivity contribution in [1.29, 1.82) is 0 Å². The number of aryl methyl sites for hydroxylation is 2. The molecule has 5 heteroatoms. The molecule has 2 rings (SSSR count). The predicted molar refractivity (Wildman–Crippen MR) is 59.0 cm³/mol. The summed E-state index contributed by atoms with van der Waals surface area (Å²) in [6, 6.07) is 0.177. The van der Waals surface area contributed by atoms with Crippen molar-refractivity contribution < 1.29 is 9.15 Å². The molecule has 15 heavy (non-hydrogen) atoms. The van der Waals surface area contributed by atoms with E-state index in [1.54, 1.807) is 11.8 Å². The zero-order chi connectivity index (χ0) is 10.8. The number of oxazole rings is 1. The highest BCUT2D eigenvalue weighted by Crippen LogP contribution is 2.28. The van der Waals surface area contributed by atoms with Crippen molar-refractivity contribution in [3.63, 3.8) is 0 Å². The van der Waals surface area contributed by atoms with E-state index in [1.165, 1.54) is 0 Å². The Labute approximate surface area is 93.6 Å². The third kappa shape index (κ3) is 2.53. The molecule has 2 heterocycles.